The van der Waals surface area contributed by atoms with Crippen LogP contribution in [0.1, 0.15) is 12.8 Å². The molecule has 1 saturated heterocycles. The lowest BCUT2D eigenvalue weighted by Crippen LogP contribution is -2.27. The van der Waals surface area contributed by atoms with E-state index < -0.39 is 0 Å². The van der Waals surface area contributed by atoms with Crippen LogP contribution in [0.15, 0.2) is 17.6 Å². The summed E-state index contributed by atoms with van der Waals surface area (Å²) in [4.78, 5) is 7.21. The fourth-order valence-corrected chi connectivity index (χ4v) is 2.34. The Hall–Kier alpha value is -0.520. The zero-order valence-corrected chi connectivity index (χ0v) is 9.55. The summed E-state index contributed by atoms with van der Waals surface area (Å²) in [6.45, 7) is 2.93. The lowest BCUT2D eigenvalue weighted by molar-refractivity contribution is 0.110. The number of aromatic nitrogens is 2. The molecule has 0 saturated carbocycles. The van der Waals surface area contributed by atoms with E-state index in [-0.39, 0.29) is 0 Å². The van der Waals surface area contributed by atoms with Crippen LogP contribution in [-0.4, -0.2) is 41.5 Å². The molecule has 0 amide bonds. The van der Waals surface area contributed by atoms with Gasteiger partial charge in [0.15, 0.2) is 5.16 Å². The fourth-order valence-electron chi connectivity index (χ4n) is 1.62. The SMILES string of the molecule is c1c[nH]c(SCCNCC2CCCO2)n1. The third kappa shape index (κ3) is 3.85. The first kappa shape index (κ1) is 11.0. The van der Waals surface area contributed by atoms with E-state index in [2.05, 4.69) is 15.3 Å². The number of aromatic amines is 1. The van der Waals surface area contributed by atoms with Gasteiger partial charge < -0.3 is 15.0 Å². The number of hydrogen-bond acceptors (Lipinski definition) is 4. The van der Waals surface area contributed by atoms with Crippen molar-refractivity contribution in [2.45, 2.75) is 24.1 Å². The number of nitrogens with zero attached hydrogens (tertiary/aromatic N) is 1. The van der Waals surface area contributed by atoms with Crippen molar-refractivity contribution in [1.29, 1.82) is 0 Å². The third-order valence-corrected chi connectivity index (χ3v) is 3.29. The predicted molar refractivity (Wildman–Crippen MR) is 61.2 cm³/mol. The minimum atomic E-state index is 0.443. The smallest absolute Gasteiger partial charge is 0.165 e. The average Bonchev–Trinajstić information content (AvgIpc) is 2.88. The molecule has 15 heavy (non-hydrogen) atoms. The monoisotopic (exact) mass is 227 g/mol. The molecule has 1 unspecified atom stereocenters. The Morgan fingerprint density at radius 3 is 3.40 bits per heavy atom. The predicted octanol–water partition coefficient (Wildman–Crippen LogP) is 1.27. The molecule has 2 heterocycles. The molecule has 1 aromatic rings. The minimum absolute atomic E-state index is 0.443. The van der Waals surface area contributed by atoms with Crippen molar-refractivity contribution in [2.75, 3.05) is 25.4 Å². The lowest BCUT2D eigenvalue weighted by Gasteiger charge is -2.09. The van der Waals surface area contributed by atoms with Crippen LogP contribution in [0.25, 0.3) is 0 Å². The van der Waals surface area contributed by atoms with Crippen LogP contribution in [0.2, 0.25) is 0 Å². The molecule has 1 aliphatic heterocycles. The second-order valence-corrected chi connectivity index (χ2v) is 4.67. The van der Waals surface area contributed by atoms with Gasteiger partial charge in [-0.3, -0.25) is 0 Å². The summed E-state index contributed by atoms with van der Waals surface area (Å²) in [6.07, 6.45) is 6.49. The van der Waals surface area contributed by atoms with E-state index in [0.29, 0.717) is 6.10 Å². The number of nitrogens with one attached hydrogen (secondary N) is 2. The summed E-state index contributed by atoms with van der Waals surface area (Å²) in [7, 11) is 0. The molecule has 1 aromatic heterocycles. The van der Waals surface area contributed by atoms with Gasteiger partial charge in [-0.05, 0) is 12.8 Å². The van der Waals surface area contributed by atoms with Gasteiger partial charge in [0.05, 0.1) is 6.10 Å². The van der Waals surface area contributed by atoms with Crippen LogP contribution in [0.5, 0.6) is 0 Å². The molecule has 2 N–H and O–H groups in total. The Balaban J connectivity index is 1.48. The summed E-state index contributed by atoms with van der Waals surface area (Å²) >= 11 is 1.74. The molecule has 0 radical (unpaired) electrons. The van der Waals surface area contributed by atoms with Crippen molar-refractivity contribution >= 4 is 11.8 Å². The van der Waals surface area contributed by atoms with Gasteiger partial charge in [0.25, 0.3) is 0 Å². The molecule has 1 fully saturated rings. The molecule has 5 heteroatoms. The first-order valence-corrected chi connectivity index (χ1v) is 6.38. The van der Waals surface area contributed by atoms with Gasteiger partial charge in [0, 0.05) is 37.8 Å². The highest BCUT2D eigenvalue weighted by molar-refractivity contribution is 7.99. The van der Waals surface area contributed by atoms with Gasteiger partial charge in [0.1, 0.15) is 0 Å². The quantitative estimate of drug-likeness (QED) is 0.567. The van der Waals surface area contributed by atoms with E-state index in [1.807, 2.05) is 6.20 Å². The Kier molecular flexibility index (Phi) is 4.50. The number of H-pyrrole nitrogens is 1. The van der Waals surface area contributed by atoms with Crippen LogP contribution in [-0.2, 0) is 4.74 Å². The van der Waals surface area contributed by atoms with Crippen molar-refractivity contribution in [1.82, 2.24) is 15.3 Å². The molecule has 0 spiro atoms. The van der Waals surface area contributed by atoms with Gasteiger partial charge >= 0.3 is 0 Å². The highest BCUT2D eigenvalue weighted by atomic mass is 32.2. The Labute approximate surface area is 94.2 Å². The van der Waals surface area contributed by atoms with Gasteiger partial charge in [0.2, 0.25) is 0 Å². The number of hydrogen-bond donors (Lipinski definition) is 2. The Bertz CT molecular complexity index is 260. The summed E-state index contributed by atoms with van der Waals surface area (Å²) in [5.74, 6) is 1.04. The van der Waals surface area contributed by atoms with E-state index >= 15 is 0 Å². The molecule has 4 nitrogen and oxygen atoms in total. The van der Waals surface area contributed by atoms with Crippen molar-refractivity contribution in [3.05, 3.63) is 12.4 Å². The van der Waals surface area contributed by atoms with Crippen LogP contribution in [0.4, 0.5) is 0 Å². The summed E-state index contributed by atoms with van der Waals surface area (Å²) in [5, 5.41) is 4.40. The highest BCUT2D eigenvalue weighted by Gasteiger charge is 2.14. The molecule has 1 atom stereocenters. The van der Waals surface area contributed by atoms with Gasteiger partial charge in [-0.15, -0.1) is 0 Å². The first-order valence-electron chi connectivity index (χ1n) is 5.39. The molecule has 0 aromatic carbocycles. The molecule has 2 rings (SSSR count). The Morgan fingerprint density at radius 1 is 1.67 bits per heavy atom. The zero-order valence-electron chi connectivity index (χ0n) is 8.74. The van der Waals surface area contributed by atoms with Gasteiger partial charge in [-0.2, -0.15) is 0 Å². The maximum atomic E-state index is 5.52. The van der Waals surface area contributed by atoms with Crippen molar-refractivity contribution in [3.63, 3.8) is 0 Å². The molecule has 0 aliphatic carbocycles. The number of ether oxygens (including phenoxy) is 1. The number of rotatable bonds is 6. The minimum Gasteiger partial charge on any atom is -0.377 e. The van der Waals surface area contributed by atoms with Crippen LogP contribution >= 0.6 is 11.8 Å². The number of imidazole rings is 1. The maximum absolute atomic E-state index is 5.52. The van der Waals surface area contributed by atoms with E-state index in [9.17, 15) is 0 Å². The second kappa shape index (κ2) is 6.15. The number of thioether (sulfide) groups is 1. The van der Waals surface area contributed by atoms with Crippen LogP contribution < -0.4 is 5.32 Å². The lowest BCUT2D eigenvalue weighted by atomic mass is 10.2. The summed E-state index contributed by atoms with van der Waals surface area (Å²) < 4.78 is 5.52. The first-order chi connectivity index (χ1) is 7.45. The topological polar surface area (TPSA) is 49.9 Å². The normalized spacial score (nSPS) is 20.9. The molecule has 1 aliphatic rings. The largest absolute Gasteiger partial charge is 0.377 e. The second-order valence-electron chi connectivity index (χ2n) is 3.58. The summed E-state index contributed by atoms with van der Waals surface area (Å²) in [5.41, 5.74) is 0. The van der Waals surface area contributed by atoms with E-state index in [0.717, 1.165) is 30.6 Å². The standard InChI is InChI=1S/C10H17N3OS/c1-2-9(14-6-1)8-11-5-7-15-10-12-3-4-13-10/h3-4,9,11H,1-2,5-8H2,(H,12,13). The van der Waals surface area contributed by atoms with Gasteiger partial charge in [-0.1, -0.05) is 11.8 Å². The maximum Gasteiger partial charge on any atom is 0.165 e. The Morgan fingerprint density at radius 2 is 2.67 bits per heavy atom. The highest BCUT2D eigenvalue weighted by Crippen LogP contribution is 2.11. The van der Waals surface area contributed by atoms with Gasteiger partial charge in [-0.25, -0.2) is 4.98 Å². The summed E-state index contributed by atoms with van der Waals surface area (Å²) in [6, 6.07) is 0. The molecular weight excluding hydrogens is 210 g/mol. The molecular formula is C10H17N3OS. The van der Waals surface area contributed by atoms with E-state index in [1.165, 1.54) is 12.8 Å². The van der Waals surface area contributed by atoms with Crippen molar-refractivity contribution < 1.29 is 4.74 Å². The third-order valence-electron chi connectivity index (χ3n) is 2.39. The van der Waals surface area contributed by atoms with Crippen molar-refractivity contribution in [2.24, 2.45) is 0 Å². The van der Waals surface area contributed by atoms with E-state index in [4.69, 9.17) is 4.74 Å². The van der Waals surface area contributed by atoms with Crippen LogP contribution in [0, 0.1) is 0 Å². The zero-order chi connectivity index (χ0) is 10.3. The van der Waals surface area contributed by atoms with Crippen molar-refractivity contribution in [3.8, 4) is 0 Å². The fraction of sp³-hybridized carbons (Fsp3) is 0.700. The molecule has 0 bridgehead atoms. The average molecular weight is 227 g/mol. The molecule has 84 valence electrons. The van der Waals surface area contributed by atoms with E-state index in [1.54, 1.807) is 18.0 Å². The van der Waals surface area contributed by atoms with Crippen LogP contribution in [0.3, 0.4) is 0 Å².